The summed E-state index contributed by atoms with van der Waals surface area (Å²) in [6, 6.07) is 7.06. The van der Waals surface area contributed by atoms with Crippen LogP contribution < -0.4 is 9.47 Å². The molecule has 1 aromatic heterocycles. The van der Waals surface area contributed by atoms with Crippen LogP contribution in [0, 0.1) is 0 Å². The number of carbonyl (C=O) groups is 1. The first-order valence-electron chi connectivity index (χ1n) is 5.33. The van der Waals surface area contributed by atoms with Crippen molar-refractivity contribution in [2.24, 2.45) is 0 Å². The first kappa shape index (κ1) is 14.4. The lowest BCUT2D eigenvalue weighted by molar-refractivity contribution is 0.112. The van der Waals surface area contributed by atoms with E-state index >= 15 is 0 Å². The summed E-state index contributed by atoms with van der Waals surface area (Å²) < 4.78 is 12.3. The lowest BCUT2D eigenvalue weighted by Gasteiger charge is -2.12. The minimum absolute atomic E-state index is 0.396. The molecule has 0 fully saturated rings. The maximum atomic E-state index is 10.8. The largest absolute Gasteiger partial charge is 0.493 e. The number of halogens is 2. The fraction of sp³-hybridized carbons (Fsp3) is 0.154. The molecule has 6 heteroatoms. The van der Waals surface area contributed by atoms with Gasteiger partial charge in [-0.05, 0) is 40.2 Å². The van der Waals surface area contributed by atoms with Crippen LogP contribution in [0.1, 0.15) is 15.2 Å². The van der Waals surface area contributed by atoms with Crippen LogP contribution in [0.25, 0.3) is 0 Å². The van der Waals surface area contributed by atoms with E-state index in [1.165, 1.54) is 18.4 Å². The van der Waals surface area contributed by atoms with Crippen molar-refractivity contribution in [1.82, 2.24) is 0 Å². The maximum Gasteiger partial charge on any atom is 0.175 e. The van der Waals surface area contributed by atoms with Crippen LogP contribution >= 0.6 is 38.9 Å². The van der Waals surface area contributed by atoms with Gasteiger partial charge in [0.1, 0.15) is 12.9 Å². The Kier molecular flexibility index (Phi) is 4.85. The monoisotopic (exact) mass is 360 g/mol. The van der Waals surface area contributed by atoms with Gasteiger partial charge in [-0.2, -0.15) is 0 Å². The van der Waals surface area contributed by atoms with Gasteiger partial charge in [-0.3, -0.25) is 4.79 Å². The molecular weight excluding hydrogens is 352 g/mol. The average Bonchev–Trinajstić information content (AvgIpc) is 2.82. The van der Waals surface area contributed by atoms with E-state index in [4.69, 9.17) is 21.1 Å². The third-order valence-corrected chi connectivity index (χ3v) is 4.17. The molecule has 0 unspecified atom stereocenters. The standard InChI is InChI=1S/C13H10BrClO3S/c1-17-11-5-8(6-16)4-10(14)13(11)18-7-9-2-3-12(15)19-9/h2-6H,7H2,1H3. The zero-order valence-electron chi connectivity index (χ0n) is 9.98. The van der Waals surface area contributed by atoms with Crippen molar-refractivity contribution < 1.29 is 14.3 Å². The third kappa shape index (κ3) is 3.49. The number of rotatable bonds is 5. The fourth-order valence-electron chi connectivity index (χ4n) is 1.52. The molecule has 0 amide bonds. The number of thiophene rings is 1. The average molecular weight is 362 g/mol. The highest BCUT2D eigenvalue weighted by Crippen LogP contribution is 2.37. The van der Waals surface area contributed by atoms with Gasteiger partial charge >= 0.3 is 0 Å². The Morgan fingerprint density at radius 3 is 2.79 bits per heavy atom. The first-order valence-corrected chi connectivity index (χ1v) is 7.32. The van der Waals surface area contributed by atoms with E-state index in [-0.39, 0.29) is 0 Å². The zero-order chi connectivity index (χ0) is 13.8. The third-order valence-electron chi connectivity index (χ3n) is 2.38. The number of hydrogen-bond acceptors (Lipinski definition) is 4. The highest BCUT2D eigenvalue weighted by molar-refractivity contribution is 9.10. The van der Waals surface area contributed by atoms with Gasteiger partial charge in [-0.25, -0.2) is 0 Å². The number of methoxy groups -OCH3 is 1. The highest BCUT2D eigenvalue weighted by atomic mass is 79.9. The molecule has 0 saturated heterocycles. The number of ether oxygens (including phenoxy) is 2. The van der Waals surface area contributed by atoms with E-state index in [1.807, 2.05) is 12.1 Å². The fourth-order valence-corrected chi connectivity index (χ4v) is 3.10. The first-order chi connectivity index (χ1) is 9.13. The van der Waals surface area contributed by atoms with Crippen LogP contribution in [-0.4, -0.2) is 13.4 Å². The van der Waals surface area contributed by atoms with Crippen molar-refractivity contribution in [2.75, 3.05) is 7.11 Å². The molecule has 2 aromatic rings. The lowest BCUT2D eigenvalue weighted by Crippen LogP contribution is -1.98. The Morgan fingerprint density at radius 2 is 2.21 bits per heavy atom. The van der Waals surface area contributed by atoms with Crippen molar-refractivity contribution in [3.8, 4) is 11.5 Å². The van der Waals surface area contributed by atoms with Gasteiger partial charge in [0.15, 0.2) is 11.5 Å². The number of benzene rings is 1. The highest BCUT2D eigenvalue weighted by Gasteiger charge is 2.12. The van der Waals surface area contributed by atoms with E-state index in [0.29, 0.717) is 28.1 Å². The molecule has 0 aliphatic rings. The molecule has 2 rings (SSSR count). The second-order valence-electron chi connectivity index (χ2n) is 3.65. The number of carbonyl (C=O) groups excluding carboxylic acids is 1. The van der Waals surface area contributed by atoms with Crippen molar-refractivity contribution in [3.63, 3.8) is 0 Å². The van der Waals surface area contributed by atoms with Crippen molar-refractivity contribution in [2.45, 2.75) is 6.61 Å². The van der Waals surface area contributed by atoms with Gasteiger partial charge in [-0.1, -0.05) is 11.6 Å². The predicted molar refractivity (Wildman–Crippen MR) is 79.7 cm³/mol. The van der Waals surface area contributed by atoms with E-state index in [2.05, 4.69) is 15.9 Å². The molecule has 0 bridgehead atoms. The molecule has 1 heterocycles. The second kappa shape index (κ2) is 6.41. The van der Waals surface area contributed by atoms with E-state index in [9.17, 15) is 4.79 Å². The Labute approximate surface area is 128 Å². The van der Waals surface area contributed by atoms with Gasteiger partial charge in [0.2, 0.25) is 0 Å². The van der Waals surface area contributed by atoms with Crippen LogP contribution in [0.5, 0.6) is 11.5 Å². The second-order valence-corrected chi connectivity index (χ2v) is 6.30. The summed E-state index contributed by atoms with van der Waals surface area (Å²) in [5, 5.41) is 0. The number of hydrogen-bond donors (Lipinski definition) is 0. The van der Waals surface area contributed by atoms with E-state index in [1.54, 1.807) is 12.1 Å². The molecule has 0 aliphatic heterocycles. The predicted octanol–water partition coefficient (Wildman–Crippen LogP) is 4.56. The van der Waals surface area contributed by atoms with Gasteiger partial charge in [-0.15, -0.1) is 11.3 Å². The van der Waals surface area contributed by atoms with Crippen LogP contribution in [0.3, 0.4) is 0 Å². The molecule has 0 atom stereocenters. The number of aldehydes is 1. The van der Waals surface area contributed by atoms with Gasteiger partial charge < -0.3 is 9.47 Å². The molecule has 100 valence electrons. The Morgan fingerprint density at radius 1 is 1.42 bits per heavy atom. The molecule has 1 aromatic carbocycles. The summed E-state index contributed by atoms with van der Waals surface area (Å²) in [4.78, 5) is 11.8. The van der Waals surface area contributed by atoms with Gasteiger partial charge in [0, 0.05) is 10.4 Å². The molecule has 0 aliphatic carbocycles. The minimum Gasteiger partial charge on any atom is -0.493 e. The molecule has 0 radical (unpaired) electrons. The lowest BCUT2D eigenvalue weighted by atomic mass is 10.2. The molecule has 3 nitrogen and oxygen atoms in total. The summed E-state index contributed by atoms with van der Waals surface area (Å²) in [7, 11) is 1.53. The van der Waals surface area contributed by atoms with Crippen molar-refractivity contribution in [3.05, 3.63) is 43.5 Å². The smallest absolute Gasteiger partial charge is 0.175 e. The molecule has 0 spiro atoms. The normalized spacial score (nSPS) is 10.3. The molecule has 0 N–H and O–H groups in total. The topological polar surface area (TPSA) is 35.5 Å². The maximum absolute atomic E-state index is 10.8. The Bertz CT molecular complexity index is 598. The Hall–Kier alpha value is -1.04. The van der Waals surface area contributed by atoms with E-state index in [0.717, 1.165) is 15.5 Å². The SMILES string of the molecule is COc1cc(C=O)cc(Br)c1OCc1ccc(Cl)s1. The van der Waals surface area contributed by atoms with Gasteiger partial charge in [0.05, 0.1) is 15.9 Å². The van der Waals surface area contributed by atoms with Crippen LogP contribution in [-0.2, 0) is 6.61 Å². The van der Waals surface area contributed by atoms with Crippen LogP contribution in [0.2, 0.25) is 4.34 Å². The summed E-state index contributed by atoms with van der Waals surface area (Å²) >= 11 is 10.7. The molecule has 0 saturated carbocycles. The minimum atomic E-state index is 0.396. The van der Waals surface area contributed by atoms with E-state index < -0.39 is 0 Å². The van der Waals surface area contributed by atoms with Crippen LogP contribution in [0.15, 0.2) is 28.7 Å². The zero-order valence-corrected chi connectivity index (χ0v) is 13.1. The summed E-state index contributed by atoms with van der Waals surface area (Å²) in [6.07, 6.45) is 0.760. The molecule has 19 heavy (non-hydrogen) atoms. The summed E-state index contributed by atoms with van der Waals surface area (Å²) in [6.45, 7) is 0.396. The van der Waals surface area contributed by atoms with Crippen molar-refractivity contribution >= 4 is 45.2 Å². The summed E-state index contributed by atoms with van der Waals surface area (Å²) in [5.41, 5.74) is 0.523. The molecular formula is C13H10BrClO3S. The quantitative estimate of drug-likeness (QED) is 0.732. The van der Waals surface area contributed by atoms with Gasteiger partial charge in [0.25, 0.3) is 0 Å². The van der Waals surface area contributed by atoms with Crippen LogP contribution in [0.4, 0.5) is 0 Å². The summed E-state index contributed by atoms with van der Waals surface area (Å²) in [5.74, 6) is 1.08. The Balaban J connectivity index is 2.21. The van der Waals surface area contributed by atoms with Crippen molar-refractivity contribution in [1.29, 1.82) is 0 Å².